The van der Waals surface area contributed by atoms with Gasteiger partial charge in [0.1, 0.15) is 0 Å². The van der Waals surface area contributed by atoms with Crippen LogP contribution in [0.2, 0.25) is 0 Å². The van der Waals surface area contributed by atoms with Crippen molar-refractivity contribution in [2.24, 2.45) is 0 Å². The molecule has 1 atom stereocenters. The molecule has 0 aliphatic heterocycles. The average molecular weight is 449 g/mol. The summed E-state index contributed by atoms with van der Waals surface area (Å²) in [6.45, 7) is 7.79. The minimum atomic E-state index is -4.84. The summed E-state index contributed by atoms with van der Waals surface area (Å²) >= 11 is 0. The molecule has 3 N–H and O–H groups in total. The molecule has 0 radical (unpaired) electrons. The number of carboxylic acids is 2. The van der Waals surface area contributed by atoms with E-state index in [1.807, 2.05) is 0 Å². The topological polar surface area (TPSA) is 138 Å². The number of hydrogen-bond acceptors (Lipinski definition) is 5. The number of carboxylic acid groups (broad SMARTS) is 2. The van der Waals surface area contributed by atoms with E-state index in [1.165, 1.54) is 64.2 Å². The van der Waals surface area contributed by atoms with Gasteiger partial charge in [0.15, 0.2) is 5.25 Å². The first kappa shape index (κ1) is 33.4. The summed E-state index contributed by atoms with van der Waals surface area (Å²) in [7, 11) is -4.84. The molecule has 0 amide bonds. The minimum Gasteiger partial charge on any atom is -0.481 e. The minimum absolute atomic E-state index is 0. The monoisotopic (exact) mass is 448 g/mol. The Morgan fingerprint density at radius 1 is 0.897 bits per heavy atom. The fourth-order valence-electron chi connectivity index (χ4n) is 2.37. The Bertz CT molecular complexity index is 482. The maximum atomic E-state index is 10.2. The smallest absolute Gasteiger partial charge is 0.481 e. The van der Waals surface area contributed by atoms with E-state index in [0.29, 0.717) is 0 Å². The van der Waals surface area contributed by atoms with E-state index in [1.54, 1.807) is 0 Å². The first-order chi connectivity index (χ1) is 13.2. The van der Waals surface area contributed by atoms with Crippen LogP contribution in [0.5, 0.6) is 0 Å². The van der Waals surface area contributed by atoms with Crippen LogP contribution >= 0.6 is 0 Å². The van der Waals surface area contributed by atoms with Crippen molar-refractivity contribution in [3.8, 4) is 0 Å². The van der Waals surface area contributed by atoms with E-state index in [-0.39, 0.29) is 29.6 Å². The molecular formula is C19H37NaO8S. The Morgan fingerprint density at radius 3 is 1.66 bits per heavy atom. The third-order valence-corrected chi connectivity index (χ3v) is 5.01. The van der Waals surface area contributed by atoms with Gasteiger partial charge in [0, 0.05) is 13.2 Å². The predicted octanol–water partition coefficient (Wildman–Crippen LogP) is 0.954. The van der Waals surface area contributed by atoms with Crippen LogP contribution in [0.4, 0.5) is 0 Å². The van der Waals surface area contributed by atoms with Gasteiger partial charge in [-0.2, -0.15) is 14.8 Å². The molecule has 0 aliphatic rings. The molecule has 10 heteroatoms. The van der Waals surface area contributed by atoms with Crippen LogP contribution in [-0.4, -0.2) is 53.6 Å². The number of aliphatic carboxylic acids is 2. The molecule has 0 fully saturated rings. The van der Waals surface area contributed by atoms with E-state index in [9.17, 15) is 18.0 Å². The molecule has 0 saturated carbocycles. The van der Waals surface area contributed by atoms with E-state index in [0.717, 1.165) is 19.6 Å². The number of hydrogen-bond donors (Lipinski definition) is 3. The van der Waals surface area contributed by atoms with Crippen LogP contribution in [0.25, 0.3) is 0 Å². The molecule has 0 aliphatic carbocycles. The Labute approximate surface area is 197 Å². The van der Waals surface area contributed by atoms with Gasteiger partial charge < -0.3 is 21.9 Å². The maximum absolute atomic E-state index is 10.2. The molecule has 0 spiro atoms. The largest absolute Gasteiger partial charge is 1.00 e. The standard InChI is InChI=1S/C15H31O.C4H6O7S.Na/c1-3-5-6-7-8-9-10-11-12-13-15-16-14-4-2;5-3(6)1-2(4(7)8)12(9,10)11;/h2-15H2,1H3;2H,1H2,(H,5,6)(H,7,8)(H,9,10,11);/q-1;;+1. The molecule has 1 unspecified atom stereocenters. The van der Waals surface area contributed by atoms with Crippen LogP contribution in [0.15, 0.2) is 0 Å². The fourth-order valence-corrected chi connectivity index (χ4v) is 2.98. The normalized spacial score (nSPS) is 11.7. The summed E-state index contributed by atoms with van der Waals surface area (Å²) in [4.78, 5) is 20.0. The zero-order valence-corrected chi connectivity index (χ0v) is 20.8. The molecule has 168 valence electrons. The Balaban J connectivity index is -0.000000468. The summed E-state index contributed by atoms with van der Waals surface area (Å²) in [5.74, 6) is -3.50. The van der Waals surface area contributed by atoms with Crippen molar-refractivity contribution in [1.29, 1.82) is 0 Å². The van der Waals surface area contributed by atoms with E-state index in [4.69, 9.17) is 19.5 Å². The molecule has 0 aromatic carbocycles. The summed E-state index contributed by atoms with van der Waals surface area (Å²) in [6.07, 6.45) is 13.7. The maximum Gasteiger partial charge on any atom is 1.00 e. The van der Waals surface area contributed by atoms with E-state index >= 15 is 0 Å². The molecule has 0 saturated heterocycles. The van der Waals surface area contributed by atoms with Crippen LogP contribution in [0, 0.1) is 6.92 Å². The zero-order chi connectivity index (χ0) is 21.8. The van der Waals surface area contributed by atoms with Gasteiger partial charge in [-0.1, -0.05) is 64.7 Å². The van der Waals surface area contributed by atoms with Crippen molar-refractivity contribution in [2.45, 2.75) is 89.2 Å². The summed E-state index contributed by atoms with van der Waals surface area (Å²) < 4.78 is 34.1. The molecule has 8 nitrogen and oxygen atoms in total. The van der Waals surface area contributed by atoms with Gasteiger partial charge >= 0.3 is 41.5 Å². The fraction of sp³-hybridized carbons (Fsp3) is 0.842. The number of ether oxygens (including phenoxy) is 1. The Kier molecular flexibility index (Phi) is 25.9. The average Bonchev–Trinajstić information content (AvgIpc) is 2.60. The van der Waals surface area contributed by atoms with E-state index in [2.05, 4.69) is 13.8 Å². The zero-order valence-electron chi connectivity index (χ0n) is 18.0. The molecule has 29 heavy (non-hydrogen) atoms. The Hall–Kier alpha value is -0.190. The van der Waals surface area contributed by atoms with Gasteiger partial charge in [-0.15, -0.1) is 0 Å². The second kappa shape index (κ2) is 22.5. The van der Waals surface area contributed by atoms with Crippen LogP contribution < -0.4 is 29.6 Å². The second-order valence-corrected chi connectivity index (χ2v) is 8.19. The van der Waals surface area contributed by atoms with Gasteiger partial charge in [-0.05, 0) is 6.42 Å². The molecule has 0 aromatic heterocycles. The number of rotatable bonds is 17. The van der Waals surface area contributed by atoms with Crippen molar-refractivity contribution in [3.63, 3.8) is 0 Å². The summed E-state index contributed by atoms with van der Waals surface area (Å²) in [6, 6.07) is 0. The van der Waals surface area contributed by atoms with Crippen LogP contribution in [0.1, 0.15) is 84.0 Å². The quantitative estimate of drug-likeness (QED) is 0.129. The SMILES string of the molecule is O=C(O)CC(C(=O)O)S(=O)(=O)O.[CH2-]CCOCCCCCCCCCCCC.[Na+]. The number of unbranched alkanes of at least 4 members (excludes halogenated alkanes) is 9. The van der Waals surface area contributed by atoms with Gasteiger partial charge in [-0.25, -0.2) is 0 Å². The van der Waals surface area contributed by atoms with Crippen molar-refractivity contribution in [2.75, 3.05) is 13.2 Å². The third kappa shape index (κ3) is 25.8. The first-order valence-corrected chi connectivity index (χ1v) is 11.4. The first-order valence-electron chi connectivity index (χ1n) is 9.94. The Morgan fingerprint density at radius 2 is 1.34 bits per heavy atom. The predicted molar refractivity (Wildman–Crippen MR) is 108 cm³/mol. The molecule has 0 heterocycles. The van der Waals surface area contributed by atoms with Crippen LogP contribution in [-0.2, 0) is 24.4 Å². The second-order valence-electron chi connectivity index (χ2n) is 6.59. The molecular weight excluding hydrogens is 411 g/mol. The van der Waals surface area contributed by atoms with Gasteiger partial charge in [0.05, 0.1) is 6.42 Å². The van der Waals surface area contributed by atoms with Gasteiger partial charge in [0.25, 0.3) is 10.1 Å². The van der Waals surface area contributed by atoms with Crippen molar-refractivity contribution < 1.29 is 67.1 Å². The van der Waals surface area contributed by atoms with Gasteiger partial charge in [-0.3, -0.25) is 14.1 Å². The van der Waals surface area contributed by atoms with Crippen LogP contribution in [0.3, 0.4) is 0 Å². The van der Waals surface area contributed by atoms with Crippen molar-refractivity contribution >= 4 is 22.1 Å². The summed E-state index contributed by atoms with van der Waals surface area (Å²) in [5, 5.41) is 13.9. The van der Waals surface area contributed by atoms with E-state index < -0.39 is 33.7 Å². The van der Waals surface area contributed by atoms with Crippen molar-refractivity contribution in [3.05, 3.63) is 6.92 Å². The molecule has 0 bridgehead atoms. The molecule has 0 aromatic rings. The summed E-state index contributed by atoms with van der Waals surface area (Å²) in [5.41, 5.74) is 0. The number of carbonyl (C=O) groups is 2. The molecule has 0 rings (SSSR count). The third-order valence-electron chi connectivity index (χ3n) is 3.93. The van der Waals surface area contributed by atoms with Crippen molar-refractivity contribution in [1.82, 2.24) is 0 Å². The van der Waals surface area contributed by atoms with Gasteiger partial charge in [0.2, 0.25) is 0 Å².